The van der Waals surface area contributed by atoms with E-state index in [2.05, 4.69) is 4.72 Å². The zero-order chi connectivity index (χ0) is 13.5. The van der Waals surface area contributed by atoms with Crippen molar-refractivity contribution in [2.24, 2.45) is 11.8 Å². The standard InChI is InChI=1S/C13H24N2O3S/c16-9-12-3-1-2-6-15(12)19(17,18)14-13-8-10-4-5-11(13)7-10/h10-14,16H,1-9H2. The van der Waals surface area contributed by atoms with Crippen LogP contribution in [0.4, 0.5) is 0 Å². The number of aliphatic hydroxyl groups excluding tert-OH is 1. The van der Waals surface area contributed by atoms with Gasteiger partial charge in [-0.1, -0.05) is 12.8 Å². The van der Waals surface area contributed by atoms with E-state index in [-0.39, 0.29) is 18.7 Å². The molecule has 0 amide bonds. The van der Waals surface area contributed by atoms with Crippen LogP contribution in [-0.2, 0) is 10.2 Å². The van der Waals surface area contributed by atoms with Crippen LogP contribution in [0.15, 0.2) is 0 Å². The number of fused-ring (bicyclic) bond motifs is 2. The second kappa shape index (κ2) is 5.31. The van der Waals surface area contributed by atoms with Gasteiger partial charge in [-0.25, -0.2) is 0 Å². The van der Waals surface area contributed by atoms with Crippen LogP contribution in [0.25, 0.3) is 0 Å². The molecule has 3 fully saturated rings. The van der Waals surface area contributed by atoms with Gasteiger partial charge >= 0.3 is 0 Å². The Hall–Kier alpha value is -0.170. The van der Waals surface area contributed by atoms with Gasteiger partial charge in [0, 0.05) is 18.6 Å². The highest BCUT2D eigenvalue weighted by atomic mass is 32.2. The van der Waals surface area contributed by atoms with Crippen LogP contribution in [0.5, 0.6) is 0 Å². The molecular weight excluding hydrogens is 264 g/mol. The van der Waals surface area contributed by atoms with E-state index in [1.54, 1.807) is 0 Å². The van der Waals surface area contributed by atoms with Gasteiger partial charge in [-0.3, -0.25) is 0 Å². The first-order valence-corrected chi connectivity index (χ1v) is 8.94. The third-order valence-electron chi connectivity index (χ3n) is 5.13. The predicted molar refractivity (Wildman–Crippen MR) is 72.7 cm³/mol. The van der Waals surface area contributed by atoms with Gasteiger partial charge in [0.25, 0.3) is 10.2 Å². The highest BCUT2D eigenvalue weighted by Gasteiger charge is 2.43. The quantitative estimate of drug-likeness (QED) is 0.806. The Balaban J connectivity index is 1.68. The lowest BCUT2D eigenvalue weighted by Crippen LogP contribution is -2.53. The number of nitrogens with zero attached hydrogens (tertiary/aromatic N) is 1. The molecule has 1 saturated heterocycles. The number of hydrogen-bond donors (Lipinski definition) is 2. The molecule has 1 heterocycles. The molecule has 0 radical (unpaired) electrons. The zero-order valence-electron chi connectivity index (χ0n) is 11.3. The molecule has 0 aromatic rings. The molecule has 6 heteroatoms. The van der Waals surface area contributed by atoms with Crippen LogP contribution in [0.1, 0.15) is 44.9 Å². The van der Waals surface area contributed by atoms with E-state index in [1.807, 2.05) is 0 Å². The van der Waals surface area contributed by atoms with Crippen molar-refractivity contribution in [1.82, 2.24) is 9.03 Å². The van der Waals surface area contributed by atoms with Gasteiger partial charge in [-0.15, -0.1) is 0 Å². The molecule has 0 spiro atoms. The van der Waals surface area contributed by atoms with Crippen molar-refractivity contribution in [1.29, 1.82) is 0 Å². The lowest BCUT2D eigenvalue weighted by molar-refractivity contribution is 0.153. The maximum Gasteiger partial charge on any atom is 0.280 e. The Morgan fingerprint density at radius 1 is 1.16 bits per heavy atom. The smallest absolute Gasteiger partial charge is 0.280 e. The number of nitrogens with one attached hydrogen (secondary N) is 1. The van der Waals surface area contributed by atoms with Crippen LogP contribution in [-0.4, -0.2) is 43.1 Å². The number of rotatable bonds is 4. The molecule has 1 aliphatic heterocycles. The molecule has 4 unspecified atom stereocenters. The minimum Gasteiger partial charge on any atom is -0.395 e. The van der Waals surface area contributed by atoms with Crippen molar-refractivity contribution < 1.29 is 13.5 Å². The average Bonchev–Trinajstić information content (AvgIpc) is 3.00. The lowest BCUT2D eigenvalue weighted by atomic mass is 9.96. The maximum atomic E-state index is 12.5. The Kier molecular flexibility index (Phi) is 3.86. The molecule has 0 aromatic carbocycles. The zero-order valence-corrected chi connectivity index (χ0v) is 12.1. The van der Waals surface area contributed by atoms with E-state index in [1.165, 1.54) is 23.6 Å². The first-order valence-electron chi connectivity index (χ1n) is 7.50. The van der Waals surface area contributed by atoms with Gasteiger partial charge in [0.2, 0.25) is 0 Å². The van der Waals surface area contributed by atoms with Gasteiger partial charge in [0.05, 0.1) is 6.61 Å². The van der Waals surface area contributed by atoms with Crippen molar-refractivity contribution in [2.45, 2.75) is 57.0 Å². The second-order valence-corrected chi connectivity index (χ2v) is 8.00. The van der Waals surface area contributed by atoms with Crippen LogP contribution in [0, 0.1) is 11.8 Å². The summed E-state index contributed by atoms with van der Waals surface area (Å²) in [6, 6.07) is -0.102. The summed E-state index contributed by atoms with van der Waals surface area (Å²) in [5.74, 6) is 1.27. The first-order chi connectivity index (χ1) is 9.10. The average molecular weight is 288 g/mol. The summed E-state index contributed by atoms with van der Waals surface area (Å²) >= 11 is 0. The summed E-state index contributed by atoms with van der Waals surface area (Å²) in [5, 5.41) is 9.36. The number of aliphatic hydroxyl groups is 1. The van der Waals surface area contributed by atoms with Gasteiger partial charge in [-0.05, 0) is 43.9 Å². The molecule has 2 saturated carbocycles. The molecule has 5 nitrogen and oxygen atoms in total. The first kappa shape index (κ1) is 13.8. The minimum absolute atomic E-state index is 0.0718. The molecule has 4 atom stereocenters. The van der Waals surface area contributed by atoms with Gasteiger partial charge in [0.1, 0.15) is 0 Å². The lowest BCUT2D eigenvalue weighted by Gasteiger charge is -2.35. The van der Waals surface area contributed by atoms with Gasteiger partial charge in [0.15, 0.2) is 0 Å². The maximum absolute atomic E-state index is 12.5. The molecule has 2 bridgehead atoms. The molecule has 2 aliphatic carbocycles. The van der Waals surface area contributed by atoms with E-state index in [0.29, 0.717) is 12.5 Å². The topological polar surface area (TPSA) is 69.6 Å². The molecular formula is C13H24N2O3S. The molecule has 110 valence electrons. The van der Waals surface area contributed by atoms with Gasteiger partial charge < -0.3 is 5.11 Å². The highest BCUT2D eigenvalue weighted by Crippen LogP contribution is 2.44. The molecule has 3 aliphatic rings. The number of hydrogen-bond acceptors (Lipinski definition) is 3. The monoisotopic (exact) mass is 288 g/mol. The van der Waals surface area contributed by atoms with E-state index >= 15 is 0 Å². The Morgan fingerprint density at radius 3 is 2.63 bits per heavy atom. The fraction of sp³-hybridized carbons (Fsp3) is 1.00. The summed E-state index contributed by atoms with van der Waals surface area (Å²) < 4.78 is 29.4. The SMILES string of the molecule is O=S(=O)(NC1CC2CCC1C2)N1CCCCC1CO. The number of piperidine rings is 1. The summed E-state index contributed by atoms with van der Waals surface area (Å²) in [7, 11) is -3.43. The minimum atomic E-state index is -3.43. The Morgan fingerprint density at radius 2 is 2.00 bits per heavy atom. The predicted octanol–water partition coefficient (Wildman–Crippen LogP) is 0.856. The molecule has 19 heavy (non-hydrogen) atoms. The third-order valence-corrected chi connectivity index (χ3v) is 6.83. The fourth-order valence-corrected chi connectivity index (χ4v) is 5.86. The van der Waals surface area contributed by atoms with Crippen molar-refractivity contribution >= 4 is 10.2 Å². The second-order valence-electron chi connectivity index (χ2n) is 6.35. The summed E-state index contributed by atoms with van der Waals surface area (Å²) in [6.45, 7) is 0.471. The van der Waals surface area contributed by atoms with Gasteiger partial charge in [-0.2, -0.15) is 17.4 Å². The van der Waals surface area contributed by atoms with Crippen LogP contribution >= 0.6 is 0 Å². The van der Waals surface area contributed by atoms with E-state index in [9.17, 15) is 13.5 Å². The van der Waals surface area contributed by atoms with E-state index < -0.39 is 10.2 Å². The Bertz CT molecular complexity index is 426. The summed E-state index contributed by atoms with van der Waals surface area (Å²) in [6.07, 6.45) is 7.30. The third kappa shape index (κ3) is 2.68. The van der Waals surface area contributed by atoms with Crippen LogP contribution < -0.4 is 4.72 Å². The fourth-order valence-electron chi connectivity index (χ4n) is 4.12. The van der Waals surface area contributed by atoms with Crippen molar-refractivity contribution in [3.05, 3.63) is 0 Å². The van der Waals surface area contributed by atoms with E-state index in [4.69, 9.17) is 0 Å². The summed E-state index contributed by atoms with van der Waals surface area (Å²) in [5.41, 5.74) is 0. The summed E-state index contributed by atoms with van der Waals surface area (Å²) in [4.78, 5) is 0. The van der Waals surface area contributed by atoms with Crippen molar-refractivity contribution in [2.75, 3.05) is 13.2 Å². The normalized spacial score (nSPS) is 39.8. The molecule has 0 aromatic heterocycles. The van der Waals surface area contributed by atoms with Crippen LogP contribution in [0.3, 0.4) is 0 Å². The van der Waals surface area contributed by atoms with E-state index in [0.717, 1.165) is 31.6 Å². The van der Waals surface area contributed by atoms with Crippen molar-refractivity contribution in [3.8, 4) is 0 Å². The molecule has 2 N–H and O–H groups in total. The van der Waals surface area contributed by atoms with Crippen molar-refractivity contribution in [3.63, 3.8) is 0 Å². The Labute approximate surface area is 115 Å². The largest absolute Gasteiger partial charge is 0.395 e. The molecule has 3 rings (SSSR count). The van der Waals surface area contributed by atoms with Crippen LogP contribution in [0.2, 0.25) is 0 Å². The highest BCUT2D eigenvalue weighted by molar-refractivity contribution is 7.87.